The highest BCUT2D eigenvalue weighted by Gasteiger charge is 2.50. The Morgan fingerprint density at radius 3 is 1.27 bits per heavy atom. The smallest absolute Gasteiger partial charge is 0.407 e. The average molecular weight is 691 g/mol. The Morgan fingerprint density at radius 2 is 0.978 bits per heavy atom. The molecule has 15 heteroatoms. The highest BCUT2D eigenvalue weighted by atomic mass is 33.5. The second-order valence-corrected chi connectivity index (χ2v) is 17.2. The van der Waals surface area contributed by atoms with Crippen molar-refractivity contribution in [1.29, 1.82) is 0 Å². The minimum atomic E-state index is -0.539. The molecule has 2 fully saturated rings. The molecular weight excluding hydrogens is 641 g/mol. The molecule has 0 saturated carbocycles. The Morgan fingerprint density at radius 1 is 0.667 bits per heavy atom. The lowest BCUT2D eigenvalue weighted by molar-refractivity contribution is -0.138. The van der Waals surface area contributed by atoms with E-state index in [4.69, 9.17) is 18.9 Å². The maximum Gasteiger partial charge on any atom is 0.407 e. The summed E-state index contributed by atoms with van der Waals surface area (Å²) in [7, 11) is 5.08. The number of nitrogens with one attached hydrogen (secondary N) is 2. The van der Waals surface area contributed by atoms with Gasteiger partial charge in [0.05, 0.1) is 13.1 Å². The van der Waals surface area contributed by atoms with Gasteiger partial charge in [-0.05, 0) is 55.4 Å². The van der Waals surface area contributed by atoms with Crippen molar-refractivity contribution in [3.8, 4) is 0 Å². The quantitative estimate of drug-likeness (QED) is 0.0568. The van der Waals surface area contributed by atoms with Crippen LogP contribution in [-0.2, 0) is 28.5 Å². The van der Waals surface area contributed by atoms with E-state index in [-0.39, 0.29) is 60.7 Å². The first-order valence-corrected chi connectivity index (χ1v) is 18.3. The highest BCUT2D eigenvalue weighted by Crippen LogP contribution is 2.55. The molecule has 2 rings (SSSR count). The normalized spacial score (nSPS) is 21.2. The molecule has 0 aromatic carbocycles. The van der Waals surface area contributed by atoms with Crippen molar-refractivity contribution < 1.29 is 38.1 Å². The lowest BCUT2D eigenvalue weighted by Crippen LogP contribution is -2.59. The van der Waals surface area contributed by atoms with Crippen LogP contribution in [0.2, 0.25) is 0 Å². The number of carbonyl (C=O) groups is 4. The van der Waals surface area contributed by atoms with E-state index in [0.29, 0.717) is 25.7 Å². The highest BCUT2D eigenvalue weighted by molar-refractivity contribution is 9.08. The van der Waals surface area contributed by atoms with E-state index in [0.717, 1.165) is 12.2 Å². The Bertz CT molecular complexity index is 967. The first kappa shape index (κ1) is 39.1. The zero-order valence-corrected chi connectivity index (χ0v) is 30.2. The molecule has 0 aromatic rings. The van der Waals surface area contributed by atoms with Crippen LogP contribution >= 0.6 is 31.8 Å². The number of hydrogen-bond acceptors (Lipinski definition) is 13. The monoisotopic (exact) mass is 690 g/mol. The fourth-order valence-electron chi connectivity index (χ4n) is 6.10. The van der Waals surface area contributed by atoms with E-state index < -0.39 is 24.1 Å². The van der Waals surface area contributed by atoms with E-state index in [1.807, 2.05) is 0 Å². The van der Waals surface area contributed by atoms with Gasteiger partial charge in [-0.15, -0.1) is 0 Å². The number of carbonyl (C=O) groups excluding carboxylic acids is 4. The van der Waals surface area contributed by atoms with E-state index in [2.05, 4.69) is 87.8 Å². The van der Waals surface area contributed by atoms with E-state index in [1.54, 1.807) is 31.8 Å². The van der Waals surface area contributed by atoms with Gasteiger partial charge in [0.15, 0.2) is 0 Å². The topological polar surface area (TPSA) is 136 Å². The predicted octanol–water partition coefficient (Wildman–Crippen LogP) is 5.80. The van der Waals surface area contributed by atoms with Crippen LogP contribution < -0.4 is 10.6 Å². The minimum absolute atomic E-state index is 0.0468. The van der Waals surface area contributed by atoms with Gasteiger partial charge in [0.1, 0.15) is 25.4 Å². The largest absolute Gasteiger partial charge is 0.461 e. The van der Waals surface area contributed by atoms with Crippen molar-refractivity contribution >= 4 is 55.9 Å². The lowest BCUT2D eigenvalue weighted by atomic mass is 9.81. The Balaban J connectivity index is 1.88. The number of ether oxygens (including phenoxy) is 4. The summed E-state index contributed by atoms with van der Waals surface area (Å²) in [5, 5.41) is 5.27. The molecule has 2 heterocycles. The van der Waals surface area contributed by atoms with Crippen molar-refractivity contribution in [2.75, 3.05) is 26.3 Å². The second kappa shape index (κ2) is 16.7. The molecule has 0 aromatic heterocycles. The molecule has 2 aliphatic heterocycles. The molecule has 2 amide bonds. The Kier molecular flexibility index (Phi) is 14.5. The van der Waals surface area contributed by atoms with Gasteiger partial charge >= 0.3 is 24.1 Å². The molecule has 256 valence electrons. The van der Waals surface area contributed by atoms with Crippen molar-refractivity contribution in [3.05, 3.63) is 25.3 Å². The second-order valence-electron chi connectivity index (χ2n) is 13.5. The van der Waals surface area contributed by atoms with Crippen LogP contribution in [0, 0.1) is 0 Å². The molecule has 2 N–H and O–H groups in total. The molecule has 0 radical (unpaired) electrons. The zero-order valence-electron chi connectivity index (χ0n) is 27.8. The average Bonchev–Trinajstić information content (AvgIpc) is 2.90. The van der Waals surface area contributed by atoms with E-state index in [1.165, 1.54) is 0 Å². The number of piperidine rings is 2. The number of alkyl carbamates (subject to hydrolysis) is 2. The van der Waals surface area contributed by atoms with Crippen molar-refractivity contribution in [1.82, 2.24) is 19.2 Å². The van der Waals surface area contributed by atoms with Crippen molar-refractivity contribution in [2.24, 2.45) is 0 Å². The maximum absolute atomic E-state index is 12.4. The van der Waals surface area contributed by atoms with Crippen LogP contribution in [0.25, 0.3) is 0 Å². The lowest BCUT2D eigenvalue weighted by Gasteiger charge is -2.54. The molecule has 0 aliphatic carbocycles. The van der Waals surface area contributed by atoms with Gasteiger partial charge in [-0.2, -0.15) is 0 Å². The summed E-state index contributed by atoms with van der Waals surface area (Å²) in [4.78, 5) is 47.1. The minimum Gasteiger partial charge on any atom is -0.461 e. The SMILES string of the molecule is C=CC(=O)OCCNC(=O)OC1CC(C)(C)N(SSSN2C(C)(C)CC(OC(=O)NCCOC(=O)C=C)CC2(C)C)C(C)(C)C1. The standard InChI is InChI=1S/C30H50N4O8S3/c1-11-23(35)39-15-13-31-25(37)41-21-17-27(3,4)33(28(5,6)18-21)43-45-44-34-29(7,8)19-22(20-30(34,9)10)42-26(38)32-14-16-40-24(36)12-2/h11-12,21-22H,1-2,13-20H2,3-10H3,(H,31,37)(H,32,38). The first-order chi connectivity index (χ1) is 20.8. The van der Waals surface area contributed by atoms with Crippen LogP contribution in [0.5, 0.6) is 0 Å². The van der Waals surface area contributed by atoms with Crippen molar-refractivity contribution in [3.63, 3.8) is 0 Å². The van der Waals surface area contributed by atoms with Crippen LogP contribution in [0.15, 0.2) is 25.3 Å². The summed E-state index contributed by atoms with van der Waals surface area (Å²) < 4.78 is 26.0. The molecule has 2 aliphatic rings. The molecule has 2 saturated heterocycles. The van der Waals surface area contributed by atoms with E-state index in [9.17, 15) is 19.2 Å². The summed E-state index contributed by atoms with van der Waals surface area (Å²) in [6.45, 7) is 24.3. The molecule has 0 unspecified atom stereocenters. The summed E-state index contributed by atoms with van der Waals surface area (Å²) >= 11 is 0. The summed E-state index contributed by atoms with van der Waals surface area (Å²) in [6, 6.07) is 0. The summed E-state index contributed by atoms with van der Waals surface area (Å²) in [5.74, 6) is -1.08. The molecular formula is C30H50N4O8S3. The third-order valence-corrected chi connectivity index (χ3v) is 12.2. The van der Waals surface area contributed by atoms with Gasteiger partial charge < -0.3 is 29.6 Å². The van der Waals surface area contributed by atoms with Crippen LogP contribution in [0.3, 0.4) is 0 Å². The fourth-order valence-corrected chi connectivity index (χ4v) is 11.6. The number of nitrogens with zero attached hydrogens (tertiary/aromatic N) is 2. The van der Waals surface area contributed by atoms with Crippen LogP contribution in [-0.4, -0.2) is 93.4 Å². The number of amides is 2. The molecule has 0 bridgehead atoms. The van der Waals surface area contributed by atoms with Crippen LogP contribution in [0.4, 0.5) is 9.59 Å². The van der Waals surface area contributed by atoms with E-state index >= 15 is 0 Å². The summed E-state index contributed by atoms with van der Waals surface area (Å²) in [5.41, 5.74) is -1.08. The van der Waals surface area contributed by atoms with Gasteiger partial charge in [-0.3, -0.25) is 0 Å². The zero-order chi connectivity index (χ0) is 34.1. The van der Waals surface area contributed by atoms with Gasteiger partial charge in [-0.1, -0.05) is 13.2 Å². The van der Waals surface area contributed by atoms with Gasteiger partial charge in [0.25, 0.3) is 0 Å². The molecule has 12 nitrogen and oxygen atoms in total. The summed E-state index contributed by atoms with van der Waals surface area (Å²) in [6.07, 6.45) is 3.19. The van der Waals surface area contributed by atoms with Crippen LogP contribution in [0.1, 0.15) is 81.1 Å². The molecule has 0 atom stereocenters. The molecule has 0 spiro atoms. The number of hydrogen-bond donors (Lipinski definition) is 2. The maximum atomic E-state index is 12.4. The number of esters is 2. The first-order valence-electron chi connectivity index (χ1n) is 14.9. The Hall–Kier alpha value is -2.07. The van der Waals surface area contributed by atoms with Gasteiger partial charge in [-0.25, -0.2) is 27.8 Å². The third kappa shape index (κ3) is 12.2. The third-order valence-electron chi connectivity index (χ3n) is 7.43. The van der Waals surface area contributed by atoms with Crippen molar-refractivity contribution in [2.45, 2.75) is 115 Å². The Labute approximate surface area is 279 Å². The molecule has 45 heavy (non-hydrogen) atoms. The van der Waals surface area contributed by atoms with Gasteiger partial charge in [0, 0.05) is 91.8 Å². The van der Waals surface area contributed by atoms with Gasteiger partial charge in [0.2, 0.25) is 0 Å². The predicted molar refractivity (Wildman–Crippen MR) is 180 cm³/mol. The number of rotatable bonds is 14. The fraction of sp³-hybridized carbons (Fsp3) is 0.733.